The van der Waals surface area contributed by atoms with E-state index in [1.54, 1.807) is 0 Å². The fraction of sp³-hybridized carbons (Fsp3) is 0.429. The Morgan fingerprint density at radius 3 is 2.78 bits per heavy atom. The average Bonchev–Trinajstić information content (AvgIpc) is 1.83. The van der Waals surface area contributed by atoms with E-state index in [9.17, 15) is 0 Å². The van der Waals surface area contributed by atoms with Crippen LogP contribution in [-0.4, -0.2) is 6.04 Å². The molecule has 0 unspecified atom stereocenters. The van der Waals surface area contributed by atoms with Crippen molar-refractivity contribution >= 4 is 12.6 Å². The normalized spacial score (nSPS) is 34.3. The van der Waals surface area contributed by atoms with Gasteiger partial charge in [0.25, 0.3) is 0 Å². The highest BCUT2D eigenvalue weighted by Gasteiger charge is 2.13. The van der Waals surface area contributed by atoms with Gasteiger partial charge in [-0.25, -0.2) is 0 Å². The van der Waals surface area contributed by atoms with E-state index in [0.717, 1.165) is 4.91 Å². The molecule has 1 nitrogen and oxygen atoms in total. The fourth-order valence-electron chi connectivity index (χ4n) is 0.830. The summed E-state index contributed by atoms with van der Waals surface area (Å²) in [7, 11) is 0. The molecule has 2 N–H and O–H groups in total. The monoisotopic (exact) mass is 141 g/mol. The Bertz CT molecular complexity index is 160. The van der Waals surface area contributed by atoms with Crippen molar-refractivity contribution in [1.82, 2.24) is 0 Å². The second-order valence-corrected chi connectivity index (χ2v) is 2.88. The van der Waals surface area contributed by atoms with Crippen LogP contribution < -0.4 is 5.73 Å². The molecule has 0 amide bonds. The summed E-state index contributed by atoms with van der Waals surface area (Å²) in [4.78, 5) is 0.977. The smallest absolute Gasteiger partial charge is 0.0413 e. The lowest BCUT2D eigenvalue weighted by Crippen LogP contribution is -2.28. The zero-order valence-electron chi connectivity index (χ0n) is 5.41. The predicted octanol–water partition coefficient (Wildman–Crippen LogP) is 1.33. The molecule has 0 aliphatic heterocycles. The number of thiol groups is 1. The Kier molecular flexibility index (Phi) is 1.98. The van der Waals surface area contributed by atoms with E-state index in [0.29, 0.717) is 5.92 Å². The first-order chi connectivity index (χ1) is 4.22. The molecule has 0 fully saturated rings. The second-order valence-electron chi connectivity index (χ2n) is 2.36. The molecule has 2 heteroatoms. The molecule has 0 saturated heterocycles. The molecule has 0 spiro atoms. The first kappa shape index (κ1) is 6.90. The Hall–Kier alpha value is -0.210. The van der Waals surface area contributed by atoms with Crippen molar-refractivity contribution in [3.63, 3.8) is 0 Å². The lowest BCUT2D eigenvalue weighted by molar-refractivity contribution is 0.618. The van der Waals surface area contributed by atoms with E-state index in [1.165, 1.54) is 0 Å². The van der Waals surface area contributed by atoms with Crippen molar-refractivity contribution in [3.8, 4) is 0 Å². The van der Waals surface area contributed by atoms with E-state index in [-0.39, 0.29) is 6.04 Å². The minimum Gasteiger partial charge on any atom is -0.323 e. The van der Waals surface area contributed by atoms with Gasteiger partial charge in [-0.3, -0.25) is 0 Å². The average molecular weight is 141 g/mol. The number of hydrogen-bond acceptors (Lipinski definition) is 2. The molecule has 0 radical (unpaired) electrons. The van der Waals surface area contributed by atoms with Crippen molar-refractivity contribution < 1.29 is 0 Å². The molecule has 0 aromatic rings. The third-order valence-electron chi connectivity index (χ3n) is 1.59. The van der Waals surface area contributed by atoms with Gasteiger partial charge < -0.3 is 5.73 Å². The highest BCUT2D eigenvalue weighted by Crippen LogP contribution is 2.18. The van der Waals surface area contributed by atoms with Gasteiger partial charge in [0.05, 0.1) is 0 Å². The molecule has 1 aliphatic carbocycles. The lowest BCUT2D eigenvalue weighted by atomic mass is 9.98. The summed E-state index contributed by atoms with van der Waals surface area (Å²) in [6, 6.07) is 0.110. The van der Waals surface area contributed by atoms with E-state index in [2.05, 4.69) is 25.6 Å². The summed E-state index contributed by atoms with van der Waals surface area (Å²) in [5.41, 5.74) is 5.73. The van der Waals surface area contributed by atoms with Crippen LogP contribution in [0.4, 0.5) is 0 Å². The van der Waals surface area contributed by atoms with Gasteiger partial charge in [0, 0.05) is 6.04 Å². The Morgan fingerprint density at radius 1 is 1.67 bits per heavy atom. The van der Waals surface area contributed by atoms with Crippen LogP contribution in [0.15, 0.2) is 23.1 Å². The largest absolute Gasteiger partial charge is 0.323 e. The minimum absolute atomic E-state index is 0.110. The van der Waals surface area contributed by atoms with E-state index in [1.807, 2.05) is 12.2 Å². The first-order valence-electron chi connectivity index (χ1n) is 3.04. The van der Waals surface area contributed by atoms with Crippen LogP contribution in [0.1, 0.15) is 6.92 Å². The summed E-state index contributed by atoms with van der Waals surface area (Å²) in [5, 5.41) is 0. The molecular weight excluding hydrogens is 130 g/mol. The van der Waals surface area contributed by atoms with Crippen molar-refractivity contribution in [2.24, 2.45) is 11.7 Å². The summed E-state index contributed by atoms with van der Waals surface area (Å²) in [6.07, 6.45) is 6.02. The van der Waals surface area contributed by atoms with Gasteiger partial charge in [-0.2, -0.15) is 0 Å². The molecular formula is C7H11NS. The summed E-state index contributed by atoms with van der Waals surface area (Å²) < 4.78 is 0. The van der Waals surface area contributed by atoms with E-state index in [4.69, 9.17) is 5.73 Å². The van der Waals surface area contributed by atoms with E-state index >= 15 is 0 Å². The summed E-state index contributed by atoms with van der Waals surface area (Å²) >= 11 is 4.20. The Labute approximate surface area is 61.0 Å². The van der Waals surface area contributed by atoms with E-state index < -0.39 is 0 Å². The lowest BCUT2D eigenvalue weighted by Gasteiger charge is -2.19. The van der Waals surface area contributed by atoms with Crippen LogP contribution in [0.25, 0.3) is 0 Å². The maximum Gasteiger partial charge on any atom is 0.0413 e. The molecule has 0 aromatic heterocycles. The number of hydrogen-bond donors (Lipinski definition) is 2. The highest BCUT2D eigenvalue weighted by atomic mass is 32.1. The van der Waals surface area contributed by atoms with Gasteiger partial charge in [0.15, 0.2) is 0 Å². The van der Waals surface area contributed by atoms with Crippen LogP contribution in [0.2, 0.25) is 0 Å². The van der Waals surface area contributed by atoms with Gasteiger partial charge in [-0.15, -0.1) is 12.6 Å². The van der Waals surface area contributed by atoms with Crippen LogP contribution in [-0.2, 0) is 0 Å². The van der Waals surface area contributed by atoms with Gasteiger partial charge in [0.1, 0.15) is 0 Å². The van der Waals surface area contributed by atoms with Crippen LogP contribution >= 0.6 is 12.6 Å². The quantitative estimate of drug-likeness (QED) is 0.489. The molecule has 1 aliphatic rings. The maximum absolute atomic E-state index is 5.73. The zero-order valence-corrected chi connectivity index (χ0v) is 6.31. The number of nitrogens with two attached hydrogens (primary N) is 1. The van der Waals surface area contributed by atoms with Gasteiger partial charge in [-0.1, -0.05) is 25.2 Å². The molecule has 0 saturated carbocycles. The topological polar surface area (TPSA) is 26.0 Å². The third-order valence-corrected chi connectivity index (χ3v) is 2.04. The standard InChI is InChI=1S/C7H11NS/c1-5-3-2-4-6(9)7(5)8/h2-5,7,9H,8H2,1H3/t5-,7+/m0/s1. The van der Waals surface area contributed by atoms with Crippen LogP contribution in [0, 0.1) is 5.92 Å². The zero-order chi connectivity index (χ0) is 6.85. The van der Waals surface area contributed by atoms with Crippen molar-refractivity contribution in [2.75, 3.05) is 0 Å². The van der Waals surface area contributed by atoms with Crippen LogP contribution in [0.5, 0.6) is 0 Å². The Morgan fingerprint density at radius 2 is 2.33 bits per heavy atom. The second kappa shape index (κ2) is 2.58. The van der Waals surface area contributed by atoms with Gasteiger partial charge in [-0.05, 0) is 10.8 Å². The summed E-state index contributed by atoms with van der Waals surface area (Å²) in [6.45, 7) is 2.09. The fourth-order valence-corrected chi connectivity index (χ4v) is 1.15. The first-order valence-corrected chi connectivity index (χ1v) is 3.49. The molecule has 0 aromatic carbocycles. The molecule has 1 rings (SSSR count). The van der Waals surface area contributed by atoms with Crippen molar-refractivity contribution in [1.29, 1.82) is 0 Å². The van der Waals surface area contributed by atoms with Gasteiger partial charge in [0.2, 0.25) is 0 Å². The van der Waals surface area contributed by atoms with Crippen molar-refractivity contribution in [3.05, 3.63) is 23.1 Å². The number of allylic oxidation sites excluding steroid dienone is 2. The molecule has 2 atom stereocenters. The molecule has 50 valence electrons. The maximum atomic E-state index is 5.73. The SMILES string of the molecule is C[C@H]1C=CC=C(S)[C@@H]1N. The van der Waals surface area contributed by atoms with Crippen molar-refractivity contribution in [2.45, 2.75) is 13.0 Å². The molecule has 9 heavy (non-hydrogen) atoms. The Balaban J connectivity index is 2.73. The highest BCUT2D eigenvalue weighted by molar-refractivity contribution is 7.84. The molecule has 0 bridgehead atoms. The third kappa shape index (κ3) is 1.37. The predicted molar refractivity (Wildman–Crippen MR) is 43.3 cm³/mol. The van der Waals surface area contributed by atoms with Gasteiger partial charge >= 0.3 is 0 Å². The molecule has 0 heterocycles. The summed E-state index contributed by atoms with van der Waals surface area (Å²) in [5.74, 6) is 0.433. The van der Waals surface area contributed by atoms with Crippen LogP contribution in [0.3, 0.4) is 0 Å². The number of rotatable bonds is 0. The minimum atomic E-state index is 0.110.